The number of benzene rings is 5. The van der Waals surface area contributed by atoms with Crippen molar-refractivity contribution in [1.29, 1.82) is 0 Å². The highest BCUT2D eigenvalue weighted by Crippen LogP contribution is 2.30. The van der Waals surface area contributed by atoms with E-state index in [9.17, 15) is 38.4 Å². The van der Waals surface area contributed by atoms with Gasteiger partial charge in [-0.25, -0.2) is 9.59 Å². The van der Waals surface area contributed by atoms with Crippen LogP contribution in [0.5, 0.6) is 0 Å². The van der Waals surface area contributed by atoms with Crippen LogP contribution in [0.3, 0.4) is 0 Å². The van der Waals surface area contributed by atoms with E-state index in [4.69, 9.17) is 47.4 Å². The summed E-state index contributed by atoms with van der Waals surface area (Å²) in [6.45, 7) is 17.8. The Morgan fingerprint density at radius 1 is 0.430 bits per heavy atom. The van der Waals surface area contributed by atoms with Crippen LogP contribution in [0.2, 0.25) is 0 Å². The molecule has 9 unspecified atom stereocenters. The Kier molecular flexibility index (Phi) is 40.0. The first kappa shape index (κ1) is 92.0. The van der Waals surface area contributed by atoms with E-state index in [1.54, 1.807) is 77.6 Å². The number of likely N-dealkylation sites (tertiary alicyclic amines) is 5. The van der Waals surface area contributed by atoms with Gasteiger partial charge in [-0.15, -0.1) is 11.3 Å². The van der Waals surface area contributed by atoms with Crippen LogP contribution in [0, 0.1) is 6.92 Å². The lowest BCUT2D eigenvalue weighted by molar-refractivity contribution is -0.143. The summed E-state index contributed by atoms with van der Waals surface area (Å²) in [5, 5.41) is 10.4. The number of hydrogen-bond donors (Lipinski definition) is 3. The number of alkyl carbamates (subject to hydrolysis) is 1. The minimum Gasteiger partial charge on any atom is -0.450 e. The van der Waals surface area contributed by atoms with E-state index in [-0.39, 0.29) is 84.5 Å². The second-order valence-corrected chi connectivity index (χ2v) is 29.6. The van der Waals surface area contributed by atoms with Gasteiger partial charge in [0.2, 0.25) is 17.7 Å². The van der Waals surface area contributed by atoms with Crippen molar-refractivity contribution in [1.82, 2.24) is 40.4 Å². The van der Waals surface area contributed by atoms with Crippen molar-refractivity contribution in [3.63, 3.8) is 0 Å². The molecular weight excluding hydrogens is 1480 g/mol. The highest BCUT2D eigenvalue weighted by molar-refractivity contribution is 7.12. The van der Waals surface area contributed by atoms with Crippen molar-refractivity contribution in [2.75, 3.05) is 135 Å². The number of aryl methyl sites for hydroxylation is 1. The Morgan fingerprint density at radius 3 is 1.18 bits per heavy atom. The molecule has 6 fully saturated rings. The molecule has 5 aromatic carbocycles. The summed E-state index contributed by atoms with van der Waals surface area (Å²) >= 11 is 1.36. The Labute approximate surface area is 677 Å². The van der Waals surface area contributed by atoms with Crippen LogP contribution in [-0.2, 0) is 61.8 Å². The van der Waals surface area contributed by atoms with E-state index in [0.29, 0.717) is 82.9 Å². The summed E-state index contributed by atoms with van der Waals surface area (Å²) in [4.78, 5) is 110. The third kappa shape index (κ3) is 28.7. The monoisotopic (exact) mass is 1600 g/mol. The summed E-state index contributed by atoms with van der Waals surface area (Å²) in [7, 11) is 9.93. The van der Waals surface area contributed by atoms with Crippen LogP contribution in [-0.4, -0.2) is 249 Å². The Bertz CT molecular complexity index is 3820. The van der Waals surface area contributed by atoms with Crippen LogP contribution in [0.15, 0.2) is 163 Å². The molecule has 0 aliphatic carbocycles. The van der Waals surface area contributed by atoms with E-state index in [1.807, 2.05) is 187 Å². The first-order chi connectivity index (χ1) is 55.2. The van der Waals surface area contributed by atoms with Gasteiger partial charge < -0.3 is 87.8 Å². The van der Waals surface area contributed by atoms with Crippen molar-refractivity contribution in [3.8, 4) is 0 Å². The molecule has 6 aliphatic heterocycles. The lowest BCUT2D eigenvalue weighted by Gasteiger charge is -2.29. The van der Waals surface area contributed by atoms with E-state index >= 15 is 0 Å². The Balaban J connectivity index is 0.000000194. The zero-order valence-corrected chi connectivity index (χ0v) is 69.1. The summed E-state index contributed by atoms with van der Waals surface area (Å²) < 4.78 is 51.4. The van der Waals surface area contributed by atoms with Crippen LogP contribution >= 0.6 is 11.3 Å². The van der Waals surface area contributed by atoms with Gasteiger partial charge in [0.05, 0.1) is 94.5 Å². The Morgan fingerprint density at radius 2 is 0.798 bits per heavy atom. The highest BCUT2D eigenvalue weighted by atomic mass is 32.1. The van der Waals surface area contributed by atoms with Gasteiger partial charge in [0.25, 0.3) is 17.7 Å². The zero-order valence-electron chi connectivity index (χ0n) is 68.2. The molecule has 6 aromatic rings. The average molecular weight is 1600 g/mol. The van der Waals surface area contributed by atoms with Crippen molar-refractivity contribution in [3.05, 3.63) is 201 Å². The maximum absolute atomic E-state index is 13.3. The first-order valence-electron chi connectivity index (χ1n) is 39.5. The Hall–Kier alpha value is -9.16. The molecular formula is C87H120N8O18S. The number of nitrogens with one attached hydrogen (secondary N) is 3. The molecule has 27 heteroatoms. The number of carbonyl (C=O) groups is 8. The molecule has 9 atom stereocenters. The first-order valence-corrected chi connectivity index (χ1v) is 40.4. The smallest absolute Gasteiger partial charge is 0.410 e. The quantitative estimate of drug-likeness (QED) is 0.0455. The fraction of sp³-hybridized carbons (Fsp3) is 0.517. The molecule has 0 bridgehead atoms. The third-order valence-electron chi connectivity index (χ3n) is 20.0. The fourth-order valence-electron chi connectivity index (χ4n) is 14.5. The van der Waals surface area contributed by atoms with Gasteiger partial charge in [0, 0.05) is 86.5 Å². The van der Waals surface area contributed by atoms with Crippen LogP contribution in [0.4, 0.5) is 9.59 Å². The SMILES string of the molecule is CCOC(=O)N1CCCC1COC.CCOC(=O)NC(C(=O)N1CCCC1COC)c1ccccc1.COCC1CCCN1C(=O)C(NC(=O)c1ccccc1)c1ccccc1.COCC1CCCN1C(=O)C(NC(=O)c1cccs1)c1ccccc1.COCC1CCCN1C(=O)c1ccc(C)cc1.COCC1COC(C)(C)O1. The van der Waals surface area contributed by atoms with Crippen LogP contribution in [0.1, 0.15) is 163 Å². The van der Waals surface area contributed by atoms with E-state index in [0.717, 1.165) is 99.6 Å². The summed E-state index contributed by atoms with van der Waals surface area (Å²) in [6, 6.07) is 46.8. The molecule has 6 saturated heterocycles. The molecule has 8 amide bonds. The number of rotatable bonds is 26. The fourth-order valence-corrected chi connectivity index (χ4v) is 15.1. The van der Waals surface area contributed by atoms with Crippen molar-refractivity contribution in [2.24, 2.45) is 0 Å². The molecule has 6 aliphatic rings. The number of nitrogens with zero attached hydrogens (tertiary/aromatic N) is 5. The number of thiophene rings is 1. The van der Waals surface area contributed by atoms with Crippen molar-refractivity contribution < 1.29 is 85.7 Å². The number of amides is 8. The van der Waals surface area contributed by atoms with Crippen LogP contribution in [0.25, 0.3) is 0 Å². The topological polar surface area (TPSA) is 281 Å². The largest absolute Gasteiger partial charge is 0.450 e. The molecule has 622 valence electrons. The minimum atomic E-state index is -0.743. The van der Waals surface area contributed by atoms with Gasteiger partial charge in [-0.1, -0.05) is 133 Å². The molecule has 7 heterocycles. The van der Waals surface area contributed by atoms with E-state index in [1.165, 1.54) is 16.9 Å². The van der Waals surface area contributed by atoms with Gasteiger partial charge in [-0.2, -0.15) is 0 Å². The molecule has 0 radical (unpaired) electrons. The summed E-state index contributed by atoms with van der Waals surface area (Å²) in [5.74, 6) is -1.04. The van der Waals surface area contributed by atoms with Crippen molar-refractivity contribution >= 4 is 59.0 Å². The average Bonchev–Trinajstić information content (AvgIpc) is 1.45. The summed E-state index contributed by atoms with van der Waals surface area (Å²) in [5.41, 5.74) is 4.81. The zero-order chi connectivity index (χ0) is 82.2. The lowest BCUT2D eigenvalue weighted by atomic mass is 10.0. The summed E-state index contributed by atoms with van der Waals surface area (Å²) in [6.07, 6.45) is 9.14. The van der Waals surface area contributed by atoms with Crippen molar-refractivity contribution in [2.45, 2.75) is 159 Å². The molecule has 12 rings (SSSR count). The van der Waals surface area contributed by atoms with Gasteiger partial charge >= 0.3 is 12.2 Å². The number of ether oxygens (including phenoxy) is 10. The number of hydrogen-bond acceptors (Lipinski definition) is 19. The molecule has 26 nitrogen and oxygen atoms in total. The molecule has 0 saturated carbocycles. The maximum atomic E-state index is 13.3. The lowest BCUT2D eigenvalue weighted by Crippen LogP contribution is -2.46. The minimum absolute atomic E-state index is 0.0581. The van der Waals surface area contributed by atoms with Gasteiger partial charge in [-0.05, 0) is 151 Å². The molecule has 114 heavy (non-hydrogen) atoms. The predicted octanol–water partition coefficient (Wildman–Crippen LogP) is 12.0. The van der Waals surface area contributed by atoms with Gasteiger partial charge in [-0.3, -0.25) is 28.8 Å². The molecule has 3 N–H and O–H groups in total. The molecule has 1 aromatic heterocycles. The maximum Gasteiger partial charge on any atom is 0.410 e. The second-order valence-electron chi connectivity index (χ2n) is 28.7. The van der Waals surface area contributed by atoms with E-state index < -0.39 is 30.0 Å². The van der Waals surface area contributed by atoms with E-state index in [2.05, 4.69) is 16.0 Å². The van der Waals surface area contributed by atoms with Gasteiger partial charge in [0.1, 0.15) is 24.2 Å². The third-order valence-corrected chi connectivity index (χ3v) is 20.9. The second kappa shape index (κ2) is 49.6. The molecule has 0 spiro atoms. The standard InChI is InChI=1S/C21H24N2O3.C19H22N2O3S.C17H24N2O4.C14H19NO2.C9H17NO3.C7H14O3/c1-26-15-18-13-8-14-23(18)21(25)19(16-9-4-2-5-10-16)22-20(24)17-11-6-3-7-12-17;1-24-13-15-9-5-11-21(15)19(23)17(14-7-3-2-4-8-14)20-18(22)16-10-6-12-25-16;1-3-23-17(21)18-15(13-8-5-4-6-9-13)16(20)19-11-7-10-14(19)12-22-2;1-11-5-7-12(8-6-11)14(16)15-9-3-4-13(15)10-17-2;1-3-13-9(11)10-6-4-5-8(10)7-12-2;1-7(2)9-5-6(10-7)4-8-3/h2-7,9-12,18-19H,8,13-15H2,1H3,(H,22,24);2-4,6-8,10,12,15,17H,5,9,11,13H2,1H3,(H,20,22);4-6,8-9,14-15H,3,7,10-12H2,1-2H3,(H,18,21);5-8,13H,3-4,9-10H2,1-2H3;8H,3-7H2,1-2H3;6H,4-5H2,1-3H3. The number of methoxy groups -OCH3 is 6. The highest BCUT2D eigenvalue weighted by Gasteiger charge is 2.39. The normalized spacial score (nSPS) is 19.9. The number of carbonyl (C=O) groups excluding carboxylic acids is 8. The van der Waals surface area contributed by atoms with Gasteiger partial charge in [0.15, 0.2) is 5.79 Å². The predicted molar refractivity (Wildman–Crippen MR) is 436 cm³/mol. The van der Waals surface area contributed by atoms with Crippen LogP contribution < -0.4 is 16.0 Å².